The van der Waals surface area contributed by atoms with Gasteiger partial charge in [0.1, 0.15) is 0 Å². The summed E-state index contributed by atoms with van der Waals surface area (Å²) in [6, 6.07) is 0. The van der Waals surface area contributed by atoms with Gasteiger partial charge >= 0.3 is 0 Å². The lowest BCUT2D eigenvalue weighted by Gasteiger charge is -2.07. The summed E-state index contributed by atoms with van der Waals surface area (Å²) in [5.41, 5.74) is 0. The molecule has 2 nitrogen and oxygen atoms in total. The SMILES string of the molecule is CC#CCCCCCC1OCCO1. The Kier molecular flexibility index (Phi) is 5.64. The first-order valence-corrected chi connectivity index (χ1v) is 5.06. The Morgan fingerprint density at radius 1 is 1.15 bits per heavy atom. The molecule has 0 aromatic carbocycles. The van der Waals surface area contributed by atoms with Gasteiger partial charge in [-0.25, -0.2) is 0 Å². The Balaban J connectivity index is 1.85. The topological polar surface area (TPSA) is 18.5 Å². The van der Waals surface area contributed by atoms with Gasteiger partial charge in [0.15, 0.2) is 6.29 Å². The standard InChI is InChI=1S/C11H18O2/c1-2-3-4-5-6-7-8-11-12-9-10-13-11/h11H,4-10H2,1H3. The van der Waals surface area contributed by atoms with E-state index < -0.39 is 0 Å². The molecule has 0 atom stereocenters. The molecule has 1 aliphatic rings. The Hall–Kier alpha value is -0.520. The highest BCUT2D eigenvalue weighted by Crippen LogP contribution is 2.12. The van der Waals surface area contributed by atoms with Crippen molar-refractivity contribution in [3.63, 3.8) is 0 Å². The molecule has 0 aromatic heterocycles. The van der Waals surface area contributed by atoms with Crippen molar-refractivity contribution in [2.45, 2.75) is 45.3 Å². The molecule has 0 aliphatic carbocycles. The lowest BCUT2D eigenvalue weighted by atomic mass is 10.1. The summed E-state index contributed by atoms with van der Waals surface area (Å²) in [5, 5.41) is 0. The fourth-order valence-electron chi connectivity index (χ4n) is 1.40. The van der Waals surface area contributed by atoms with E-state index >= 15 is 0 Å². The van der Waals surface area contributed by atoms with E-state index in [4.69, 9.17) is 9.47 Å². The minimum atomic E-state index is 0.0808. The molecule has 2 heteroatoms. The maximum Gasteiger partial charge on any atom is 0.157 e. The van der Waals surface area contributed by atoms with Crippen molar-refractivity contribution in [1.82, 2.24) is 0 Å². The average molecular weight is 182 g/mol. The number of unbranched alkanes of at least 4 members (excludes halogenated alkanes) is 3. The monoisotopic (exact) mass is 182 g/mol. The molecule has 1 saturated heterocycles. The predicted molar refractivity (Wildman–Crippen MR) is 52.2 cm³/mol. The molecule has 1 fully saturated rings. The Labute approximate surface area is 80.6 Å². The van der Waals surface area contributed by atoms with Crippen molar-refractivity contribution < 1.29 is 9.47 Å². The highest BCUT2D eigenvalue weighted by Gasteiger charge is 2.14. The Morgan fingerprint density at radius 3 is 2.62 bits per heavy atom. The third kappa shape index (κ3) is 4.92. The summed E-state index contributed by atoms with van der Waals surface area (Å²) in [6.45, 7) is 3.43. The van der Waals surface area contributed by atoms with E-state index in [0.717, 1.165) is 26.1 Å². The third-order valence-corrected chi connectivity index (χ3v) is 2.11. The summed E-state index contributed by atoms with van der Waals surface area (Å²) in [7, 11) is 0. The van der Waals surface area contributed by atoms with Crippen LogP contribution in [0.4, 0.5) is 0 Å². The zero-order valence-corrected chi connectivity index (χ0v) is 8.34. The van der Waals surface area contributed by atoms with E-state index in [2.05, 4.69) is 11.8 Å². The van der Waals surface area contributed by atoms with Crippen LogP contribution >= 0.6 is 0 Å². The van der Waals surface area contributed by atoms with E-state index in [0.29, 0.717) is 0 Å². The molecule has 1 rings (SSSR count). The van der Waals surface area contributed by atoms with Crippen LogP contribution < -0.4 is 0 Å². The highest BCUT2D eigenvalue weighted by molar-refractivity contribution is 4.94. The molecule has 1 aliphatic heterocycles. The van der Waals surface area contributed by atoms with Crippen molar-refractivity contribution >= 4 is 0 Å². The quantitative estimate of drug-likeness (QED) is 0.480. The predicted octanol–water partition coefficient (Wildman–Crippen LogP) is 2.33. The maximum absolute atomic E-state index is 5.33. The zero-order valence-electron chi connectivity index (χ0n) is 8.34. The molecule has 0 amide bonds. The van der Waals surface area contributed by atoms with Crippen LogP contribution in [0, 0.1) is 11.8 Å². The van der Waals surface area contributed by atoms with Crippen molar-refractivity contribution in [2.24, 2.45) is 0 Å². The second-order valence-corrected chi connectivity index (χ2v) is 3.20. The van der Waals surface area contributed by atoms with Crippen molar-refractivity contribution in [1.29, 1.82) is 0 Å². The van der Waals surface area contributed by atoms with E-state index in [9.17, 15) is 0 Å². The van der Waals surface area contributed by atoms with E-state index in [1.807, 2.05) is 6.92 Å². The fourth-order valence-corrected chi connectivity index (χ4v) is 1.40. The minimum Gasteiger partial charge on any atom is -0.350 e. The second kappa shape index (κ2) is 6.94. The highest BCUT2D eigenvalue weighted by atomic mass is 16.7. The molecule has 0 spiro atoms. The Bertz CT molecular complexity index is 172. The van der Waals surface area contributed by atoms with Crippen molar-refractivity contribution in [2.75, 3.05) is 13.2 Å². The largest absolute Gasteiger partial charge is 0.350 e. The van der Waals surface area contributed by atoms with Crippen LogP contribution in [0.2, 0.25) is 0 Å². The van der Waals surface area contributed by atoms with E-state index in [1.54, 1.807) is 0 Å². The van der Waals surface area contributed by atoms with Gasteiger partial charge in [-0.2, -0.15) is 0 Å². The lowest BCUT2D eigenvalue weighted by Crippen LogP contribution is -2.06. The minimum absolute atomic E-state index is 0.0808. The lowest BCUT2D eigenvalue weighted by molar-refractivity contribution is -0.0479. The molecule has 0 unspecified atom stereocenters. The number of rotatable bonds is 5. The molecule has 74 valence electrons. The smallest absolute Gasteiger partial charge is 0.157 e. The summed E-state index contributed by atoms with van der Waals surface area (Å²) in [6.07, 6.45) is 5.78. The van der Waals surface area contributed by atoms with Gasteiger partial charge in [0, 0.05) is 6.42 Å². The zero-order chi connectivity index (χ0) is 9.36. The fraction of sp³-hybridized carbons (Fsp3) is 0.818. The molecule has 0 aromatic rings. The van der Waals surface area contributed by atoms with Crippen molar-refractivity contribution in [3.8, 4) is 11.8 Å². The van der Waals surface area contributed by atoms with Crippen LogP contribution in [-0.4, -0.2) is 19.5 Å². The number of ether oxygens (including phenoxy) is 2. The first kappa shape index (κ1) is 10.6. The van der Waals surface area contributed by atoms with Gasteiger partial charge in [-0.15, -0.1) is 11.8 Å². The molecule has 1 heterocycles. The van der Waals surface area contributed by atoms with Gasteiger partial charge in [0.05, 0.1) is 13.2 Å². The number of hydrogen-bond acceptors (Lipinski definition) is 2. The van der Waals surface area contributed by atoms with Gasteiger partial charge in [-0.05, 0) is 26.2 Å². The van der Waals surface area contributed by atoms with Crippen LogP contribution in [0.3, 0.4) is 0 Å². The molecule has 0 radical (unpaired) electrons. The summed E-state index contributed by atoms with van der Waals surface area (Å²) in [4.78, 5) is 0. The van der Waals surface area contributed by atoms with Gasteiger partial charge in [0.25, 0.3) is 0 Å². The Morgan fingerprint density at radius 2 is 1.92 bits per heavy atom. The molecule has 0 bridgehead atoms. The molecular formula is C11H18O2. The van der Waals surface area contributed by atoms with Crippen molar-refractivity contribution in [3.05, 3.63) is 0 Å². The van der Waals surface area contributed by atoms with Crippen LogP contribution in [-0.2, 0) is 9.47 Å². The van der Waals surface area contributed by atoms with Crippen LogP contribution in [0.15, 0.2) is 0 Å². The first-order chi connectivity index (χ1) is 6.43. The maximum atomic E-state index is 5.33. The van der Waals surface area contributed by atoms with Gasteiger partial charge < -0.3 is 9.47 Å². The average Bonchev–Trinajstić information content (AvgIpc) is 2.63. The van der Waals surface area contributed by atoms with Crippen LogP contribution in [0.25, 0.3) is 0 Å². The molecule has 13 heavy (non-hydrogen) atoms. The van der Waals surface area contributed by atoms with E-state index in [-0.39, 0.29) is 6.29 Å². The second-order valence-electron chi connectivity index (χ2n) is 3.20. The summed E-state index contributed by atoms with van der Waals surface area (Å²) >= 11 is 0. The third-order valence-electron chi connectivity index (χ3n) is 2.11. The summed E-state index contributed by atoms with van der Waals surface area (Å²) in [5.74, 6) is 5.96. The normalized spacial score (nSPS) is 17.0. The van der Waals surface area contributed by atoms with Crippen LogP contribution in [0.1, 0.15) is 39.0 Å². The first-order valence-electron chi connectivity index (χ1n) is 5.06. The molecule has 0 saturated carbocycles. The van der Waals surface area contributed by atoms with Gasteiger partial charge in [-0.3, -0.25) is 0 Å². The van der Waals surface area contributed by atoms with Crippen LogP contribution in [0.5, 0.6) is 0 Å². The number of hydrogen-bond donors (Lipinski definition) is 0. The molecule has 0 N–H and O–H groups in total. The molecular weight excluding hydrogens is 164 g/mol. The van der Waals surface area contributed by atoms with Gasteiger partial charge in [-0.1, -0.05) is 6.42 Å². The van der Waals surface area contributed by atoms with Gasteiger partial charge in [0.2, 0.25) is 0 Å². The summed E-state index contributed by atoms with van der Waals surface area (Å²) < 4.78 is 10.7. The van der Waals surface area contributed by atoms with E-state index in [1.165, 1.54) is 19.3 Å².